The molecule has 1 aromatic heterocycles. The zero-order valence-corrected chi connectivity index (χ0v) is 15.0. The first-order chi connectivity index (χ1) is 9.72. The summed E-state index contributed by atoms with van der Waals surface area (Å²) < 4.78 is 0. The third-order valence-electron chi connectivity index (χ3n) is 4.97. The van der Waals surface area contributed by atoms with Crippen LogP contribution in [0.4, 0.5) is 5.82 Å². The van der Waals surface area contributed by atoms with Crippen molar-refractivity contribution >= 4 is 17.4 Å². The van der Waals surface area contributed by atoms with E-state index in [1.807, 2.05) is 6.92 Å². The lowest BCUT2D eigenvalue weighted by atomic mass is 9.82. The second-order valence-corrected chi connectivity index (χ2v) is 7.77. The monoisotopic (exact) mass is 309 g/mol. The summed E-state index contributed by atoms with van der Waals surface area (Å²) in [4.78, 5) is 11.7. The Labute approximate surface area is 134 Å². The van der Waals surface area contributed by atoms with E-state index in [1.165, 1.54) is 19.3 Å². The Morgan fingerprint density at radius 2 is 1.81 bits per heavy atom. The Hall–Kier alpha value is -0.830. The van der Waals surface area contributed by atoms with Gasteiger partial charge in [0.2, 0.25) is 0 Å². The molecule has 2 rings (SSSR count). The van der Waals surface area contributed by atoms with E-state index in [0.717, 1.165) is 30.3 Å². The Morgan fingerprint density at radius 3 is 2.29 bits per heavy atom. The molecule has 1 fully saturated rings. The first-order valence-electron chi connectivity index (χ1n) is 8.02. The van der Waals surface area contributed by atoms with Gasteiger partial charge in [-0.05, 0) is 31.6 Å². The van der Waals surface area contributed by atoms with E-state index < -0.39 is 0 Å². The molecule has 1 aliphatic rings. The van der Waals surface area contributed by atoms with Crippen LogP contribution < -0.4 is 4.90 Å². The predicted octanol–water partition coefficient (Wildman–Crippen LogP) is 4.75. The number of anilines is 1. The van der Waals surface area contributed by atoms with Crippen molar-refractivity contribution in [1.29, 1.82) is 0 Å². The van der Waals surface area contributed by atoms with Crippen molar-refractivity contribution in [2.75, 3.05) is 18.0 Å². The summed E-state index contributed by atoms with van der Waals surface area (Å²) in [6, 6.07) is 0. The quantitative estimate of drug-likeness (QED) is 0.754. The SMILES string of the molecule is CCC1(CC)CCN(c2nc(C(C)(C)C)nc(Cl)c2C)C1. The molecule has 118 valence electrons. The van der Waals surface area contributed by atoms with E-state index in [0.29, 0.717) is 10.6 Å². The average molecular weight is 310 g/mol. The van der Waals surface area contributed by atoms with Gasteiger partial charge >= 0.3 is 0 Å². The van der Waals surface area contributed by atoms with Gasteiger partial charge in [0, 0.05) is 24.1 Å². The number of hydrogen-bond donors (Lipinski definition) is 0. The maximum absolute atomic E-state index is 6.36. The molecular weight excluding hydrogens is 282 g/mol. The predicted molar refractivity (Wildman–Crippen MR) is 90.3 cm³/mol. The van der Waals surface area contributed by atoms with E-state index in [1.54, 1.807) is 0 Å². The van der Waals surface area contributed by atoms with Crippen LogP contribution >= 0.6 is 11.6 Å². The Bertz CT molecular complexity index is 516. The third-order valence-corrected chi connectivity index (χ3v) is 5.34. The number of hydrogen-bond acceptors (Lipinski definition) is 3. The molecule has 0 saturated carbocycles. The van der Waals surface area contributed by atoms with Gasteiger partial charge in [-0.1, -0.05) is 46.2 Å². The van der Waals surface area contributed by atoms with E-state index in [9.17, 15) is 0 Å². The number of aromatic nitrogens is 2. The van der Waals surface area contributed by atoms with Crippen molar-refractivity contribution in [1.82, 2.24) is 9.97 Å². The van der Waals surface area contributed by atoms with Gasteiger partial charge in [-0.2, -0.15) is 0 Å². The lowest BCUT2D eigenvalue weighted by molar-refractivity contribution is 0.301. The summed E-state index contributed by atoms with van der Waals surface area (Å²) in [7, 11) is 0. The molecule has 1 saturated heterocycles. The largest absolute Gasteiger partial charge is 0.356 e. The molecule has 0 unspecified atom stereocenters. The molecule has 0 N–H and O–H groups in total. The molecule has 0 spiro atoms. The Morgan fingerprint density at radius 1 is 1.19 bits per heavy atom. The van der Waals surface area contributed by atoms with Crippen LogP contribution in [-0.2, 0) is 5.41 Å². The van der Waals surface area contributed by atoms with Crippen molar-refractivity contribution in [2.24, 2.45) is 5.41 Å². The molecule has 3 nitrogen and oxygen atoms in total. The zero-order chi connectivity index (χ0) is 15.8. The molecule has 0 aliphatic carbocycles. The fourth-order valence-corrected chi connectivity index (χ4v) is 3.23. The highest BCUT2D eigenvalue weighted by molar-refractivity contribution is 6.30. The summed E-state index contributed by atoms with van der Waals surface area (Å²) in [5.41, 5.74) is 1.36. The van der Waals surface area contributed by atoms with Gasteiger partial charge in [0.25, 0.3) is 0 Å². The van der Waals surface area contributed by atoms with Crippen LogP contribution in [0, 0.1) is 12.3 Å². The minimum Gasteiger partial charge on any atom is -0.356 e. The Kier molecular flexibility index (Phi) is 4.53. The van der Waals surface area contributed by atoms with Crippen molar-refractivity contribution in [3.8, 4) is 0 Å². The number of rotatable bonds is 3. The smallest absolute Gasteiger partial charge is 0.137 e. The fourth-order valence-electron chi connectivity index (χ4n) is 3.06. The molecule has 0 amide bonds. The fraction of sp³-hybridized carbons (Fsp3) is 0.765. The molecular formula is C17H28ClN3. The van der Waals surface area contributed by atoms with Crippen LogP contribution in [0.25, 0.3) is 0 Å². The van der Waals surface area contributed by atoms with Crippen LogP contribution in [0.5, 0.6) is 0 Å². The second-order valence-electron chi connectivity index (χ2n) is 7.42. The van der Waals surface area contributed by atoms with Crippen LogP contribution in [0.15, 0.2) is 0 Å². The molecule has 4 heteroatoms. The van der Waals surface area contributed by atoms with Crippen molar-refractivity contribution in [3.05, 3.63) is 16.5 Å². The second kappa shape index (κ2) is 5.75. The summed E-state index contributed by atoms with van der Waals surface area (Å²) in [5, 5.41) is 0.593. The van der Waals surface area contributed by atoms with Crippen molar-refractivity contribution < 1.29 is 0 Å². The van der Waals surface area contributed by atoms with E-state index in [-0.39, 0.29) is 5.41 Å². The van der Waals surface area contributed by atoms with E-state index in [2.05, 4.69) is 44.5 Å². The maximum atomic E-state index is 6.36. The highest BCUT2D eigenvalue weighted by Gasteiger charge is 2.36. The van der Waals surface area contributed by atoms with Crippen LogP contribution in [-0.4, -0.2) is 23.1 Å². The van der Waals surface area contributed by atoms with Crippen molar-refractivity contribution in [2.45, 2.75) is 66.2 Å². The molecule has 1 aromatic rings. The van der Waals surface area contributed by atoms with Gasteiger partial charge in [0.15, 0.2) is 0 Å². The first-order valence-corrected chi connectivity index (χ1v) is 8.40. The molecule has 0 aromatic carbocycles. The molecule has 0 bridgehead atoms. The summed E-state index contributed by atoms with van der Waals surface area (Å²) in [5.74, 6) is 1.86. The molecule has 1 aliphatic heterocycles. The van der Waals surface area contributed by atoms with Gasteiger partial charge in [0.1, 0.15) is 16.8 Å². The minimum atomic E-state index is -0.0849. The maximum Gasteiger partial charge on any atom is 0.137 e. The summed E-state index contributed by atoms with van der Waals surface area (Å²) in [6.07, 6.45) is 3.69. The van der Waals surface area contributed by atoms with Crippen LogP contribution in [0.2, 0.25) is 5.15 Å². The molecule has 2 heterocycles. The topological polar surface area (TPSA) is 29.0 Å². The molecule has 21 heavy (non-hydrogen) atoms. The van der Waals surface area contributed by atoms with E-state index >= 15 is 0 Å². The first kappa shape index (κ1) is 16.5. The zero-order valence-electron chi connectivity index (χ0n) is 14.3. The van der Waals surface area contributed by atoms with Crippen LogP contribution in [0.1, 0.15) is 65.3 Å². The van der Waals surface area contributed by atoms with E-state index in [4.69, 9.17) is 16.6 Å². The Balaban J connectivity index is 2.39. The van der Waals surface area contributed by atoms with Crippen molar-refractivity contribution in [3.63, 3.8) is 0 Å². The van der Waals surface area contributed by atoms with Crippen LogP contribution in [0.3, 0.4) is 0 Å². The molecule has 0 atom stereocenters. The normalized spacial score (nSPS) is 18.3. The highest BCUT2D eigenvalue weighted by Crippen LogP contribution is 2.40. The van der Waals surface area contributed by atoms with Gasteiger partial charge in [-0.25, -0.2) is 9.97 Å². The van der Waals surface area contributed by atoms with Gasteiger partial charge in [-0.3, -0.25) is 0 Å². The lowest BCUT2D eigenvalue weighted by Gasteiger charge is -2.28. The number of nitrogens with zero attached hydrogens (tertiary/aromatic N) is 3. The average Bonchev–Trinajstić information content (AvgIpc) is 2.85. The summed E-state index contributed by atoms with van der Waals surface area (Å²) in [6.45, 7) is 15.2. The van der Waals surface area contributed by atoms with Gasteiger partial charge < -0.3 is 4.90 Å². The third kappa shape index (κ3) is 3.18. The minimum absolute atomic E-state index is 0.0849. The number of halogens is 1. The van der Waals surface area contributed by atoms with Gasteiger partial charge in [-0.15, -0.1) is 0 Å². The standard InChI is InChI=1S/C17H28ClN3/c1-7-17(8-2)9-10-21(11-17)14-12(3)13(18)19-15(20-14)16(4,5)6/h7-11H2,1-6H3. The lowest BCUT2D eigenvalue weighted by Crippen LogP contribution is -2.28. The highest BCUT2D eigenvalue weighted by atomic mass is 35.5. The van der Waals surface area contributed by atoms with Gasteiger partial charge in [0.05, 0.1) is 0 Å². The summed E-state index contributed by atoms with van der Waals surface area (Å²) >= 11 is 6.36. The molecule has 0 radical (unpaired) electrons.